The molecule has 0 spiro atoms. The second-order valence-corrected chi connectivity index (χ2v) is 4.65. The molecule has 2 heteroatoms. The van der Waals surface area contributed by atoms with Crippen LogP contribution in [0.3, 0.4) is 0 Å². The van der Waals surface area contributed by atoms with Crippen molar-refractivity contribution >= 4 is 0 Å². The van der Waals surface area contributed by atoms with E-state index in [0.29, 0.717) is 6.61 Å². The van der Waals surface area contributed by atoms with Crippen molar-refractivity contribution in [2.24, 2.45) is 0 Å². The molecule has 102 valence electrons. The fourth-order valence-corrected chi connectivity index (χ4v) is 1.71. The van der Waals surface area contributed by atoms with Crippen molar-refractivity contribution in [3.8, 4) is 11.8 Å². The molecule has 2 nitrogen and oxygen atoms in total. The van der Waals surface area contributed by atoms with Gasteiger partial charge in [-0.25, -0.2) is 0 Å². The average molecular weight is 266 g/mol. The lowest BCUT2D eigenvalue weighted by Crippen LogP contribution is -2.12. The second-order valence-electron chi connectivity index (χ2n) is 4.65. The van der Waals surface area contributed by atoms with Crippen LogP contribution in [0.5, 0.6) is 0 Å². The van der Waals surface area contributed by atoms with Gasteiger partial charge in [0.25, 0.3) is 0 Å². The lowest BCUT2D eigenvalue weighted by atomic mass is 10.1. The first kappa shape index (κ1) is 14.3. The van der Waals surface area contributed by atoms with Crippen LogP contribution in [-0.4, -0.2) is 17.8 Å². The summed E-state index contributed by atoms with van der Waals surface area (Å²) in [6.45, 7) is 2.74. The molecular weight excluding hydrogens is 248 g/mol. The SMILES string of the molecule is Cc1ccc(C#CC(O)COCc2ccccc2)cc1. The molecule has 2 rings (SSSR count). The number of ether oxygens (including phenoxy) is 1. The molecule has 20 heavy (non-hydrogen) atoms. The Hall–Kier alpha value is -2.08. The van der Waals surface area contributed by atoms with Crippen LogP contribution in [0.2, 0.25) is 0 Å². The van der Waals surface area contributed by atoms with E-state index in [4.69, 9.17) is 4.74 Å². The number of hydrogen-bond donors (Lipinski definition) is 1. The van der Waals surface area contributed by atoms with Crippen LogP contribution in [0, 0.1) is 18.8 Å². The Morgan fingerprint density at radius 1 is 1.05 bits per heavy atom. The van der Waals surface area contributed by atoms with Gasteiger partial charge in [0.05, 0.1) is 13.2 Å². The normalized spacial score (nSPS) is 11.5. The van der Waals surface area contributed by atoms with Crippen molar-refractivity contribution in [2.45, 2.75) is 19.6 Å². The highest BCUT2D eigenvalue weighted by Crippen LogP contribution is 2.02. The Kier molecular flexibility index (Phi) is 5.37. The molecule has 0 fully saturated rings. The van der Waals surface area contributed by atoms with E-state index in [-0.39, 0.29) is 6.61 Å². The molecule has 2 aromatic carbocycles. The van der Waals surface area contributed by atoms with Gasteiger partial charge in [0, 0.05) is 5.56 Å². The van der Waals surface area contributed by atoms with E-state index in [1.165, 1.54) is 5.56 Å². The Morgan fingerprint density at radius 3 is 2.45 bits per heavy atom. The average Bonchev–Trinajstić information content (AvgIpc) is 2.48. The van der Waals surface area contributed by atoms with E-state index in [1.807, 2.05) is 61.5 Å². The van der Waals surface area contributed by atoms with Crippen molar-refractivity contribution in [1.29, 1.82) is 0 Å². The minimum atomic E-state index is -0.764. The number of aliphatic hydroxyl groups excluding tert-OH is 1. The molecule has 0 aliphatic carbocycles. The minimum Gasteiger partial charge on any atom is -0.378 e. The molecule has 1 N–H and O–H groups in total. The summed E-state index contributed by atoms with van der Waals surface area (Å²) in [5, 5.41) is 9.74. The van der Waals surface area contributed by atoms with Crippen molar-refractivity contribution < 1.29 is 9.84 Å². The zero-order valence-electron chi connectivity index (χ0n) is 11.5. The first-order chi connectivity index (χ1) is 9.74. The van der Waals surface area contributed by atoms with Crippen molar-refractivity contribution in [2.75, 3.05) is 6.61 Å². The quantitative estimate of drug-likeness (QED) is 0.862. The third-order valence-electron chi connectivity index (χ3n) is 2.82. The van der Waals surface area contributed by atoms with Gasteiger partial charge in [-0.1, -0.05) is 59.9 Å². The predicted octanol–water partition coefficient (Wildman–Crippen LogP) is 2.92. The fraction of sp³-hybridized carbons (Fsp3) is 0.222. The number of benzene rings is 2. The van der Waals surface area contributed by atoms with E-state index in [9.17, 15) is 5.11 Å². The summed E-state index contributed by atoms with van der Waals surface area (Å²) in [4.78, 5) is 0. The molecule has 0 saturated heterocycles. The van der Waals surface area contributed by atoms with Gasteiger partial charge in [-0.2, -0.15) is 0 Å². The van der Waals surface area contributed by atoms with Gasteiger partial charge in [-0.05, 0) is 24.6 Å². The van der Waals surface area contributed by atoms with Crippen LogP contribution in [0.4, 0.5) is 0 Å². The highest BCUT2D eigenvalue weighted by atomic mass is 16.5. The van der Waals surface area contributed by atoms with E-state index >= 15 is 0 Å². The van der Waals surface area contributed by atoms with Gasteiger partial charge in [-0.15, -0.1) is 0 Å². The summed E-state index contributed by atoms with van der Waals surface area (Å²) in [7, 11) is 0. The number of aryl methyl sites for hydroxylation is 1. The minimum absolute atomic E-state index is 0.216. The van der Waals surface area contributed by atoms with Gasteiger partial charge in [0.15, 0.2) is 0 Å². The molecule has 0 bridgehead atoms. The molecule has 0 aliphatic rings. The smallest absolute Gasteiger partial charge is 0.138 e. The summed E-state index contributed by atoms with van der Waals surface area (Å²) >= 11 is 0. The molecule has 0 aromatic heterocycles. The molecule has 0 amide bonds. The summed E-state index contributed by atoms with van der Waals surface area (Å²) in [6, 6.07) is 17.8. The number of hydrogen-bond acceptors (Lipinski definition) is 2. The van der Waals surface area contributed by atoms with Crippen molar-refractivity contribution in [1.82, 2.24) is 0 Å². The lowest BCUT2D eigenvalue weighted by molar-refractivity contribution is 0.0544. The third kappa shape index (κ3) is 4.89. The van der Waals surface area contributed by atoms with Gasteiger partial charge >= 0.3 is 0 Å². The summed E-state index contributed by atoms with van der Waals surface area (Å²) in [5.41, 5.74) is 3.19. The molecule has 2 aromatic rings. The molecule has 1 unspecified atom stereocenters. The Bertz CT molecular complexity index is 576. The molecule has 0 heterocycles. The van der Waals surface area contributed by atoms with E-state index < -0.39 is 6.10 Å². The Labute approximate surface area is 120 Å². The standard InChI is InChI=1S/C18H18O2/c1-15-7-9-16(10-8-15)11-12-18(19)14-20-13-17-5-3-2-4-6-17/h2-10,18-19H,13-14H2,1H3. The maximum atomic E-state index is 9.74. The van der Waals surface area contributed by atoms with Gasteiger partial charge in [0.1, 0.15) is 6.10 Å². The first-order valence-corrected chi connectivity index (χ1v) is 6.62. The summed E-state index contributed by atoms with van der Waals surface area (Å²) < 4.78 is 5.44. The van der Waals surface area contributed by atoms with Crippen LogP contribution in [0.15, 0.2) is 54.6 Å². The fourth-order valence-electron chi connectivity index (χ4n) is 1.71. The highest BCUT2D eigenvalue weighted by Gasteiger charge is 1.99. The van der Waals surface area contributed by atoms with Crippen LogP contribution < -0.4 is 0 Å². The molecular formula is C18H18O2. The number of rotatable bonds is 4. The van der Waals surface area contributed by atoms with Gasteiger partial charge < -0.3 is 9.84 Å². The zero-order chi connectivity index (χ0) is 14.2. The van der Waals surface area contributed by atoms with Crippen molar-refractivity contribution in [3.05, 3.63) is 71.3 Å². The van der Waals surface area contributed by atoms with Gasteiger partial charge in [0.2, 0.25) is 0 Å². The lowest BCUT2D eigenvalue weighted by Gasteiger charge is -2.05. The monoisotopic (exact) mass is 266 g/mol. The Morgan fingerprint density at radius 2 is 1.75 bits per heavy atom. The first-order valence-electron chi connectivity index (χ1n) is 6.62. The maximum Gasteiger partial charge on any atom is 0.138 e. The summed E-state index contributed by atoms with van der Waals surface area (Å²) in [5.74, 6) is 5.73. The van der Waals surface area contributed by atoms with Crippen LogP contribution in [0.25, 0.3) is 0 Å². The molecule has 0 saturated carbocycles. The maximum absolute atomic E-state index is 9.74. The molecule has 1 atom stereocenters. The molecule has 0 radical (unpaired) electrons. The largest absolute Gasteiger partial charge is 0.378 e. The van der Waals surface area contributed by atoms with Crippen LogP contribution >= 0.6 is 0 Å². The van der Waals surface area contributed by atoms with Crippen LogP contribution in [0.1, 0.15) is 16.7 Å². The predicted molar refractivity (Wildman–Crippen MR) is 80.2 cm³/mol. The summed E-state index contributed by atoms with van der Waals surface area (Å²) in [6.07, 6.45) is -0.764. The third-order valence-corrected chi connectivity index (χ3v) is 2.82. The van der Waals surface area contributed by atoms with Crippen LogP contribution in [-0.2, 0) is 11.3 Å². The van der Waals surface area contributed by atoms with E-state index in [0.717, 1.165) is 11.1 Å². The van der Waals surface area contributed by atoms with E-state index in [1.54, 1.807) is 0 Å². The Balaban J connectivity index is 1.78. The van der Waals surface area contributed by atoms with Gasteiger partial charge in [-0.3, -0.25) is 0 Å². The second kappa shape index (κ2) is 7.49. The molecule has 0 aliphatic heterocycles. The number of aliphatic hydroxyl groups is 1. The van der Waals surface area contributed by atoms with Crippen molar-refractivity contribution in [3.63, 3.8) is 0 Å². The van der Waals surface area contributed by atoms with E-state index in [2.05, 4.69) is 11.8 Å². The zero-order valence-corrected chi connectivity index (χ0v) is 11.5. The highest BCUT2D eigenvalue weighted by molar-refractivity contribution is 5.36. The topological polar surface area (TPSA) is 29.5 Å².